The van der Waals surface area contributed by atoms with E-state index in [2.05, 4.69) is 134 Å². The largest absolute Gasteiger partial charge is 0.0694 e. The monoisotopic (exact) mass is 474 g/mol. The lowest BCUT2D eigenvalue weighted by atomic mass is 9.93. The molecule has 28 heavy (non-hydrogen) atoms. The maximum atomic E-state index is 2.40. The minimum atomic E-state index is 0.332. The van der Waals surface area contributed by atoms with Gasteiger partial charge in [0.1, 0.15) is 0 Å². The van der Waals surface area contributed by atoms with Gasteiger partial charge in [0, 0.05) is 0 Å². The number of hydrogen-bond donors (Lipinski definition) is 0. The smallest absolute Gasteiger partial charge is 0.000101 e. The van der Waals surface area contributed by atoms with E-state index in [0.29, 0.717) is 5.92 Å². The summed E-state index contributed by atoms with van der Waals surface area (Å²) < 4.78 is 1.28. The molecule has 0 aromatic heterocycles. The quantitative estimate of drug-likeness (QED) is 0.205. The lowest BCUT2D eigenvalue weighted by Crippen LogP contribution is -1.92. The van der Waals surface area contributed by atoms with Crippen molar-refractivity contribution in [3.8, 4) is 0 Å². The van der Waals surface area contributed by atoms with Crippen LogP contribution in [0.2, 0.25) is 0 Å². The molecular formula is C27H23I. The Balaban J connectivity index is 1.76. The maximum absolute atomic E-state index is 2.40. The summed E-state index contributed by atoms with van der Waals surface area (Å²) in [5, 5.41) is 5.15. The van der Waals surface area contributed by atoms with E-state index in [9.17, 15) is 0 Å². The molecule has 0 radical (unpaired) electrons. The Labute approximate surface area is 180 Å². The van der Waals surface area contributed by atoms with Crippen molar-refractivity contribution in [1.29, 1.82) is 0 Å². The molecule has 0 spiro atoms. The Bertz CT molecular complexity index is 1190. The first-order valence-corrected chi connectivity index (χ1v) is 10.7. The topological polar surface area (TPSA) is 0 Å². The lowest BCUT2D eigenvalue weighted by molar-refractivity contribution is 0.973. The molecule has 138 valence electrons. The van der Waals surface area contributed by atoms with Gasteiger partial charge in [0.2, 0.25) is 0 Å². The van der Waals surface area contributed by atoms with Crippen molar-refractivity contribution in [2.24, 2.45) is 0 Å². The third-order valence-electron chi connectivity index (χ3n) is 5.17. The molecule has 0 N–H and O–H groups in total. The Kier molecular flexibility index (Phi) is 5.63. The van der Waals surface area contributed by atoms with E-state index in [4.69, 9.17) is 0 Å². The molecule has 4 rings (SSSR count). The molecule has 0 saturated heterocycles. The van der Waals surface area contributed by atoms with Gasteiger partial charge in [0.25, 0.3) is 0 Å². The number of rotatable bonds is 4. The number of allylic oxidation sites excluding steroid dienone is 4. The van der Waals surface area contributed by atoms with Gasteiger partial charge < -0.3 is 0 Å². The van der Waals surface area contributed by atoms with Gasteiger partial charge in [-0.15, -0.1) is 0 Å². The van der Waals surface area contributed by atoms with Gasteiger partial charge in [-0.2, -0.15) is 0 Å². The summed E-state index contributed by atoms with van der Waals surface area (Å²) in [7, 11) is 0. The average molecular weight is 474 g/mol. The van der Waals surface area contributed by atoms with Crippen LogP contribution in [0.1, 0.15) is 30.9 Å². The molecule has 0 nitrogen and oxygen atoms in total. The van der Waals surface area contributed by atoms with E-state index in [1.54, 1.807) is 0 Å². The van der Waals surface area contributed by atoms with E-state index >= 15 is 0 Å². The summed E-state index contributed by atoms with van der Waals surface area (Å²) >= 11 is 2.40. The Morgan fingerprint density at radius 1 is 0.750 bits per heavy atom. The molecule has 0 bridgehead atoms. The van der Waals surface area contributed by atoms with E-state index < -0.39 is 0 Å². The Hall–Kier alpha value is -2.39. The first-order chi connectivity index (χ1) is 13.6. The first kappa shape index (κ1) is 18.9. The summed E-state index contributed by atoms with van der Waals surface area (Å²) in [6, 6.07) is 30.6. The van der Waals surface area contributed by atoms with E-state index in [0.717, 1.165) is 0 Å². The third kappa shape index (κ3) is 4.20. The molecule has 0 saturated carbocycles. The Morgan fingerprint density at radius 2 is 1.32 bits per heavy atom. The number of benzene rings is 4. The predicted octanol–water partition coefficient (Wildman–Crippen LogP) is 8.52. The summed E-state index contributed by atoms with van der Waals surface area (Å²) in [6.07, 6.45) is 4.67. The molecule has 0 amide bonds. The molecule has 0 aliphatic rings. The van der Waals surface area contributed by atoms with Crippen molar-refractivity contribution < 1.29 is 0 Å². The van der Waals surface area contributed by atoms with Crippen LogP contribution in [0.15, 0.2) is 101 Å². The van der Waals surface area contributed by atoms with E-state index in [1.165, 1.54) is 41.8 Å². The molecule has 0 fully saturated rings. The minimum absolute atomic E-state index is 0.332. The van der Waals surface area contributed by atoms with Crippen molar-refractivity contribution in [2.45, 2.75) is 19.8 Å². The first-order valence-electron chi connectivity index (χ1n) is 9.64. The third-order valence-corrected chi connectivity index (χ3v) is 5.48. The van der Waals surface area contributed by atoms with Crippen LogP contribution in [0.25, 0.3) is 27.1 Å². The fourth-order valence-electron chi connectivity index (χ4n) is 3.67. The van der Waals surface area contributed by atoms with Crippen molar-refractivity contribution in [3.63, 3.8) is 0 Å². The van der Waals surface area contributed by atoms with Crippen molar-refractivity contribution in [1.82, 2.24) is 0 Å². The highest BCUT2D eigenvalue weighted by molar-refractivity contribution is 14.1. The summed E-state index contributed by atoms with van der Waals surface area (Å²) in [6.45, 7) is 4.43. The highest BCUT2D eigenvalue weighted by atomic mass is 127. The zero-order chi connectivity index (χ0) is 19.5. The zero-order valence-electron chi connectivity index (χ0n) is 16.2. The summed E-state index contributed by atoms with van der Waals surface area (Å²) in [5.74, 6) is 0.332. The van der Waals surface area contributed by atoms with Crippen LogP contribution in [0, 0.1) is 0 Å². The van der Waals surface area contributed by atoms with Crippen molar-refractivity contribution >= 4 is 49.7 Å². The average Bonchev–Trinajstić information content (AvgIpc) is 2.72. The van der Waals surface area contributed by atoms with Gasteiger partial charge in [0.15, 0.2) is 0 Å². The number of halogens is 1. The van der Waals surface area contributed by atoms with Crippen LogP contribution >= 0.6 is 22.6 Å². The second kappa shape index (κ2) is 8.32. The number of fused-ring (bicyclic) bond motifs is 2. The maximum Gasteiger partial charge on any atom is -0.000101 e. The van der Waals surface area contributed by atoms with Crippen molar-refractivity contribution in [3.05, 3.63) is 112 Å². The molecule has 4 aromatic rings. The lowest BCUT2D eigenvalue weighted by Gasteiger charge is -2.12. The predicted molar refractivity (Wildman–Crippen MR) is 132 cm³/mol. The molecule has 1 unspecified atom stereocenters. The van der Waals surface area contributed by atoms with Gasteiger partial charge >= 0.3 is 0 Å². The number of hydrogen-bond acceptors (Lipinski definition) is 0. The molecule has 1 heteroatoms. The van der Waals surface area contributed by atoms with Crippen LogP contribution in [0.3, 0.4) is 0 Å². The van der Waals surface area contributed by atoms with E-state index in [-0.39, 0.29) is 0 Å². The summed E-state index contributed by atoms with van der Waals surface area (Å²) in [5.41, 5.74) is 3.89. The van der Waals surface area contributed by atoms with Gasteiger partial charge in [-0.1, -0.05) is 91.9 Å². The molecule has 4 aromatic carbocycles. The van der Waals surface area contributed by atoms with Crippen LogP contribution in [0.5, 0.6) is 0 Å². The minimum Gasteiger partial charge on any atom is -0.0694 e. The second-order valence-electron chi connectivity index (χ2n) is 7.31. The van der Waals surface area contributed by atoms with Gasteiger partial charge in [0.05, 0.1) is 0 Å². The highest BCUT2D eigenvalue weighted by Gasteiger charge is 2.08. The van der Waals surface area contributed by atoms with Gasteiger partial charge in [-0.25, -0.2) is 0 Å². The zero-order valence-corrected chi connectivity index (χ0v) is 18.4. The van der Waals surface area contributed by atoms with E-state index in [1.807, 2.05) is 0 Å². The fraction of sp³-hybridized carbons (Fsp3) is 0.111. The molecule has 0 aliphatic carbocycles. The van der Waals surface area contributed by atoms with Crippen molar-refractivity contribution in [2.75, 3.05) is 0 Å². The standard InChI is InChI=1S/C27H23I/c1-19(23-13-11-21-7-3-5-9-24(21)17-23)15-27(16-20(2)28)26-14-12-22-8-4-6-10-25(22)18-26/h3-19H,1-2H3/b20-16+,27-15+. The highest BCUT2D eigenvalue weighted by Crippen LogP contribution is 2.29. The fourth-order valence-corrected chi connectivity index (χ4v) is 4.00. The SMILES string of the molecule is C/C(I)=C\C(=C/C(C)c1ccc2ccccc2c1)c1ccc2ccccc2c1. The van der Waals surface area contributed by atoms with Gasteiger partial charge in [-0.05, 0) is 89.4 Å². The van der Waals surface area contributed by atoms with Gasteiger partial charge in [-0.3, -0.25) is 0 Å². The van der Waals surface area contributed by atoms with Crippen LogP contribution in [-0.2, 0) is 0 Å². The van der Waals surface area contributed by atoms with Crippen LogP contribution in [-0.4, -0.2) is 0 Å². The molecule has 0 heterocycles. The Morgan fingerprint density at radius 3 is 1.96 bits per heavy atom. The van der Waals surface area contributed by atoms with Crippen LogP contribution < -0.4 is 0 Å². The molecule has 0 aliphatic heterocycles. The second-order valence-corrected chi connectivity index (χ2v) is 9.01. The summed E-state index contributed by atoms with van der Waals surface area (Å²) in [4.78, 5) is 0. The molecular weight excluding hydrogens is 451 g/mol. The normalized spacial score (nSPS) is 13.8. The molecule has 1 atom stereocenters. The van der Waals surface area contributed by atoms with Crippen LogP contribution in [0.4, 0.5) is 0 Å².